The quantitative estimate of drug-likeness (QED) is 0.354. The Morgan fingerprint density at radius 3 is 2.06 bits per heavy atom. The Labute approximate surface area is 93.8 Å². The lowest BCUT2D eigenvalue weighted by Gasteiger charge is -2.03. The Hall–Kier alpha value is -1.35. The molecule has 0 aliphatic heterocycles. The molecule has 0 saturated carbocycles. The maximum atomic E-state index is 8.74. The van der Waals surface area contributed by atoms with Crippen molar-refractivity contribution in [1.29, 1.82) is 0 Å². The van der Waals surface area contributed by atoms with Gasteiger partial charge in [0.05, 0.1) is 6.61 Å². The van der Waals surface area contributed by atoms with Crippen LogP contribution in [0.2, 0.25) is 0 Å². The van der Waals surface area contributed by atoms with Gasteiger partial charge in [-0.05, 0) is 31.2 Å². The van der Waals surface area contributed by atoms with E-state index >= 15 is 0 Å². The number of hydrazine groups is 1. The number of nitrogen functional groups attached to an aromatic ring is 1. The van der Waals surface area contributed by atoms with Gasteiger partial charge in [-0.2, -0.15) is 8.42 Å². The molecule has 7 nitrogen and oxygen atoms in total. The van der Waals surface area contributed by atoms with E-state index in [4.69, 9.17) is 28.1 Å². The van der Waals surface area contributed by atoms with Gasteiger partial charge in [0.25, 0.3) is 0 Å². The number of hydrogen-bond donors (Lipinski definition) is 4. The lowest BCUT2D eigenvalue weighted by atomic mass is 10.3. The first kappa shape index (κ1) is 14.6. The van der Waals surface area contributed by atoms with Crippen LogP contribution in [0.3, 0.4) is 0 Å². The highest BCUT2D eigenvalue weighted by atomic mass is 32.3. The van der Waals surface area contributed by atoms with Crippen LogP contribution in [0.15, 0.2) is 24.3 Å². The van der Waals surface area contributed by atoms with Gasteiger partial charge in [-0.25, -0.2) is 0 Å². The number of hydrogen-bond acceptors (Lipinski definition) is 5. The van der Waals surface area contributed by atoms with Gasteiger partial charge in [0.15, 0.2) is 0 Å². The Morgan fingerprint density at radius 1 is 1.31 bits per heavy atom. The van der Waals surface area contributed by atoms with Gasteiger partial charge in [0, 0.05) is 5.69 Å². The summed E-state index contributed by atoms with van der Waals surface area (Å²) in [6, 6.07) is 7.48. The van der Waals surface area contributed by atoms with Gasteiger partial charge in [0.2, 0.25) is 0 Å². The summed E-state index contributed by atoms with van der Waals surface area (Å²) in [7, 11) is -4.67. The van der Waals surface area contributed by atoms with Crippen molar-refractivity contribution >= 4 is 16.1 Å². The molecule has 0 heterocycles. The molecule has 5 N–H and O–H groups in total. The van der Waals surface area contributed by atoms with E-state index in [9.17, 15) is 0 Å². The van der Waals surface area contributed by atoms with E-state index in [2.05, 4.69) is 5.43 Å². The molecule has 0 spiro atoms. The lowest BCUT2D eigenvalue weighted by Crippen LogP contribution is -2.06. The van der Waals surface area contributed by atoms with Crippen molar-refractivity contribution in [2.45, 2.75) is 6.92 Å². The lowest BCUT2D eigenvalue weighted by molar-refractivity contribution is 0.340. The molecule has 1 aromatic rings. The normalized spacial score (nSPS) is 10.0. The summed E-state index contributed by atoms with van der Waals surface area (Å²) in [5.74, 6) is 6.05. The van der Waals surface area contributed by atoms with Gasteiger partial charge >= 0.3 is 10.4 Å². The summed E-state index contributed by atoms with van der Waals surface area (Å²) in [5, 5.41) is 0. The first-order chi connectivity index (χ1) is 7.36. The zero-order chi connectivity index (χ0) is 12.6. The summed E-state index contributed by atoms with van der Waals surface area (Å²) < 4.78 is 36.8. The summed E-state index contributed by atoms with van der Waals surface area (Å²) in [6.07, 6.45) is 0. The second kappa shape index (κ2) is 7.01. The Morgan fingerprint density at radius 2 is 1.75 bits per heavy atom. The van der Waals surface area contributed by atoms with E-state index < -0.39 is 10.4 Å². The summed E-state index contributed by atoms with van der Waals surface area (Å²) in [6.45, 7) is 2.64. The summed E-state index contributed by atoms with van der Waals surface area (Å²) in [4.78, 5) is 0. The fourth-order valence-electron chi connectivity index (χ4n) is 0.814. The number of nitrogens with two attached hydrogens (primary N) is 1. The average Bonchev–Trinajstić information content (AvgIpc) is 2.17. The molecule has 0 atom stereocenters. The van der Waals surface area contributed by atoms with Gasteiger partial charge in [-0.15, -0.1) is 0 Å². The van der Waals surface area contributed by atoms with E-state index in [-0.39, 0.29) is 0 Å². The van der Waals surface area contributed by atoms with Gasteiger partial charge < -0.3 is 10.2 Å². The van der Waals surface area contributed by atoms with Crippen LogP contribution in [-0.4, -0.2) is 24.1 Å². The fourth-order valence-corrected chi connectivity index (χ4v) is 0.814. The molecule has 0 saturated heterocycles. The van der Waals surface area contributed by atoms with E-state index in [1.807, 2.05) is 31.2 Å². The average molecular weight is 250 g/mol. The first-order valence-corrected chi connectivity index (χ1v) is 5.66. The van der Waals surface area contributed by atoms with E-state index in [0.29, 0.717) is 6.61 Å². The van der Waals surface area contributed by atoms with Gasteiger partial charge in [-0.1, -0.05) is 0 Å². The van der Waals surface area contributed by atoms with Crippen LogP contribution in [-0.2, 0) is 10.4 Å². The molecule has 16 heavy (non-hydrogen) atoms. The van der Waals surface area contributed by atoms with E-state index in [0.717, 1.165) is 11.4 Å². The second-order valence-corrected chi connectivity index (χ2v) is 3.45. The zero-order valence-electron chi connectivity index (χ0n) is 8.62. The molecule has 0 amide bonds. The van der Waals surface area contributed by atoms with Crippen molar-refractivity contribution in [3.63, 3.8) is 0 Å². The third-order valence-corrected chi connectivity index (χ3v) is 1.33. The van der Waals surface area contributed by atoms with Crippen molar-refractivity contribution in [1.82, 2.24) is 0 Å². The molecule has 0 unspecified atom stereocenters. The Kier molecular flexibility index (Phi) is 6.42. The van der Waals surface area contributed by atoms with E-state index in [1.165, 1.54) is 0 Å². The van der Waals surface area contributed by atoms with Crippen molar-refractivity contribution in [2.75, 3.05) is 12.0 Å². The van der Waals surface area contributed by atoms with Crippen LogP contribution in [0.1, 0.15) is 6.92 Å². The second-order valence-electron chi connectivity index (χ2n) is 2.55. The Bertz CT molecular complexity index is 381. The molecule has 1 rings (SSSR count). The molecular formula is C8H14N2O5S. The largest absolute Gasteiger partial charge is 0.494 e. The van der Waals surface area contributed by atoms with Crippen LogP contribution >= 0.6 is 0 Å². The minimum atomic E-state index is -4.67. The standard InChI is InChI=1S/C8H12N2O.H2O4S/c1-2-11-8-5-3-7(10-9)4-6-8;1-5(2,3)4/h3-6,10H,2,9H2,1H3;(H2,1,2,3,4). The maximum Gasteiger partial charge on any atom is 0.394 e. The number of benzene rings is 1. The minimum absolute atomic E-state index is 0.690. The molecule has 0 aromatic heterocycles. The third kappa shape index (κ3) is 9.21. The topological polar surface area (TPSA) is 122 Å². The van der Waals surface area contributed by atoms with Crippen molar-refractivity contribution in [3.05, 3.63) is 24.3 Å². The monoisotopic (exact) mass is 250 g/mol. The number of ether oxygens (including phenoxy) is 1. The minimum Gasteiger partial charge on any atom is -0.494 e. The predicted molar refractivity (Wildman–Crippen MR) is 59.6 cm³/mol. The van der Waals surface area contributed by atoms with Crippen LogP contribution in [0.5, 0.6) is 5.75 Å². The van der Waals surface area contributed by atoms with E-state index in [1.54, 1.807) is 0 Å². The number of rotatable bonds is 3. The van der Waals surface area contributed by atoms with Crippen molar-refractivity contribution < 1.29 is 22.3 Å². The zero-order valence-corrected chi connectivity index (χ0v) is 9.44. The van der Waals surface area contributed by atoms with Crippen molar-refractivity contribution in [2.24, 2.45) is 5.84 Å². The third-order valence-electron chi connectivity index (χ3n) is 1.33. The molecule has 0 fully saturated rings. The Balaban J connectivity index is 0.000000385. The van der Waals surface area contributed by atoms with Crippen molar-refractivity contribution in [3.8, 4) is 5.75 Å². The summed E-state index contributed by atoms with van der Waals surface area (Å²) in [5.41, 5.74) is 3.42. The SMILES string of the molecule is CCOc1ccc(NN)cc1.O=S(=O)(O)O. The smallest absolute Gasteiger partial charge is 0.394 e. The van der Waals surface area contributed by atoms with Crippen LogP contribution in [0, 0.1) is 0 Å². The summed E-state index contributed by atoms with van der Waals surface area (Å²) >= 11 is 0. The first-order valence-electron chi connectivity index (χ1n) is 4.26. The molecular weight excluding hydrogens is 236 g/mol. The predicted octanol–water partition coefficient (Wildman–Crippen LogP) is 0.718. The number of nitrogens with one attached hydrogen (secondary N) is 1. The highest BCUT2D eigenvalue weighted by molar-refractivity contribution is 7.79. The molecule has 1 aromatic carbocycles. The molecule has 0 bridgehead atoms. The van der Waals surface area contributed by atoms with Gasteiger partial charge in [0.1, 0.15) is 5.75 Å². The number of anilines is 1. The highest BCUT2D eigenvalue weighted by Gasteiger charge is 1.90. The molecule has 0 aliphatic carbocycles. The van der Waals surface area contributed by atoms with Crippen LogP contribution in [0.4, 0.5) is 5.69 Å². The molecule has 0 aliphatic rings. The maximum absolute atomic E-state index is 8.74. The molecule has 92 valence electrons. The van der Waals surface area contributed by atoms with Gasteiger partial charge in [-0.3, -0.25) is 14.9 Å². The van der Waals surface area contributed by atoms with Crippen LogP contribution < -0.4 is 16.0 Å². The molecule has 8 heteroatoms. The highest BCUT2D eigenvalue weighted by Crippen LogP contribution is 2.14. The van der Waals surface area contributed by atoms with Crippen LogP contribution in [0.25, 0.3) is 0 Å². The molecule has 0 radical (unpaired) electrons. The fraction of sp³-hybridized carbons (Fsp3) is 0.250.